The summed E-state index contributed by atoms with van der Waals surface area (Å²) in [5.74, 6) is -0.282. The number of carboxylic acid groups (broad SMARTS) is 1. The number of methoxy groups -OCH3 is 1. The topological polar surface area (TPSA) is 49.8 Å². The highest BCUT2D eigenvalue weighted by Crippen LogP contribution is 2.30. The molecule has 1 unspecified atom stereocenters. The third-order valence-electron chi connectivity index (χ3n) is 3.04. The molecule has 1 N–H and O–H groups in total. The molecule has 2 heterocycles. The van der Waals surface area contributed by atoms with Gasteiger partial charge in [0.1, 0.15) is 4.88 Å². The second-order valence-electron chi connectivity index (χ2n) is 4.35. The first kappa shape index (κ1) is 12.4. The lowest BCUT2D eigenvalue weighted by Crippen LogP contribution is -2.36. The van der Waals surface area contributed by atoms with Crippen molar-refractivity contribution in [2.45, 2.75) is 12.8 Å². The molecule has 0 saturated carbocycles. The number of ether oxygens (including phenoxy) is 1. The van der Waals surface area contributed by atoms with Crippen molar-refractivity contribution in [1.82, 2.24) is 0 Å². The highest BCUT2D eigenvalue weighted by molar-refractivity contribution is 7.17. The third-order valence-corrected chi connectivity index (χ3v) is 4.17. The van der Waals surface area contributed by atoms with Gasteiger partial charge in [-0.15, -0.1) is 11.3 Å². The molecule has 5 heteroatoms. The zero-order valence-corrected chi connectivity index (χ0v) is 10.7. The van der Waals surface area contributed by atoms with E-state index in [0.717, 1.165) is 31.1 Å². The Balaban J connectivity index is 2.02. The summed E-state index contributed by atoms with van der Waals surface area (Å²) in [5.41, 5.74) is 0. The van der Waals surface area contributed by atoms with Crippen LogP contribution in [-0.4, -0.2) is 37.9 Å². The quantitative estimate of drug-likeness (QED) is 0.897. The van der Waals surface area contributed by atoms with Crippen LogP contribution < -0.4 is 4.90 Å². The van der Waals surface area contributed by atoms with Crippen LogP contribution in [-0.2, 0) is 4.74 Å². The first-order valence-corrected chi connectivity index (χ1v) is 6.59. The maximum absolute atomic E-state index is 10.8. The average molecular weight is 255 g/mol. The molecule has 1 saturated heterocycles. The third kappa shape index (κ3) is 2.98. The molecule has 1 atom stereocenters. The molecule has 0 amide bonds. The van der Waals surface area contributed by atoms with E-state index in [1.54, 1.807) is 13.2 Å². The van der Waals surface area contributed by atoms with E-state index >= 15 is 0 Å². The molecule has 0 bridgehead atoms. The summed E-state index contributed by atoms with van der Waals surface area (Å²) < 4.78 is 5.19. The summed E-state index contributed by atoms with van der Waals surface area (Å²) in [5, 5.41) is 9.96. The average Bonchev–Trinajstić information content (AvgIpc) is 2.79. The maximum Gasteiger partial charge on any atom is 0.345 e. The van der Waals surface area contributed by atoms with Crippen LogP contribution in [0.3, 0.4) is 0 Å². The van der Waals surface area contributed by atoms with E-state index in [1.807, 2.05) is 6.07 Å². The lowest BCUT2D eigenvalue weighted by Gasteiger charge is -2.33. The van der Waals surface area contributed by atoms with E-state index in [1.165, 1.54) is 17.8 Å². The summed E-state index contributed by atoms with van der Waals surface area (Å²) in [6.07, 6.45) is 2.34. The van der Waals surface area contributed by atoms with Crippen LogP contribution in [0.1, 0.15) is 22.5 Å². The molecule has 1 fully saturated rings. The molecule has 1 aromatic heterocycles. The van der Waals surface area contributed by atoms with Gasteiger partial charge < -0.3 is 14.7 Å². The van der Waals surface area contributed by atoms with Crippen LogP contribution in [0.25, 0.3) is 0 Å². The van der Waals surface area contributed by atoms with Crippen molar-refractivity contribution < 1.29 is 14.6 Å². The van der Waals surface area contributed by atoms with Crippen molar-refractivity contribution >= 4 is 22.3 Å². The van der Waals surface area contributed by atoms with Crippen LogP contribution in [0.15, 0.2) is 12.1 Å². The Labute approximate surface area is 105 Å². The minimum absolute atomic E-state index is 0.411. The molecule has 0 spiro atoms. The number of hydrogen-bond donors (Lipinski definition) is 1. The molecular formula is C12H17NO3S. The van der Waals surface area contributed by atoms with Crippen LogP contribution >= 0.6 is 11.3 Å². The van der Waals surface area contributed by atoms with E-state index < -0.39 is 5.97 Å². The van der Waals surface area contributed by atoms with Gasteiger partial charge in [-0.2, -0.15) is 0 Å². The number of aromatic carboxylic acids is 1. The second-order valence-corrected chi connectivity index (χ2v) is 5.41. The van der Waals surface area contributed by atoms with E-state index in [2.05, 4.69) is 4.90 Å². The van der Waals surface area contributed by atoms with Gasteiger partial charge >= 0.3 is 5.97 Å². The van der Waals surface area contributed by atoms with Crippen molar-refractivity contribution in [2.24, 2.45) is 5.92 Å². The summed E-state index contributed by atoms with van der Waals surface area (Å²) in [4.78, 5) is 13.5. The molecule has 1 aliphatic heterocycles. The van der Waals surface area contributed by atoms with Gasteiger partial charge in [0.05, 0.1) is 11.6 Å². The highest BCUT2D eigenvalue weighted by atomic mass is 32.1. The largest absolute Gasteiger partial charge is 0.477 e. The van der Waals surface area contributed by atoms with Gasteiger partial charge in [-0.25, -0.2) is 4.79 Å². The standard InChI is InChI=1S/C12H17NO3S/c1-16-8-9-3-2-6-13(7-9)11-5-4-10(17-11)12(14)15/h4-5,9H,2-3,6-8H2,1H3,(H,14,15). The van der Waals surface area contributed by atoms with Gasteiger partial charge in [-0.1, -0.05) is 0 Å². The van der Waals surface area contributed by atoms with Crippen molar-refractivity contribution in [3.8, 4) is 0 Å². The second kappa shape index (κ2) is 5.51. The first-order chi connectivity index (χ1) is 8.20. The number of hydrogen-bond acceptors (Lipinski definition) is 4. The number of nitrogens with zero attached hydrogens (tertiary/aromatic N) is 1. The molecular weight excluding hydrogens is 238 g/mol. The Hall–Kier alpha value is -1.07. The van der Waals surface area contributed by atoms with Gasteiger partial charge in [-0.05, 0) is 30.9 Å². The van der Waals surface area contributed by atoms with Gasteiger partial charge in [-0.3, -0.25) is 0 Å². The summed E-state index contributed by atoms with van der Waals surface area (Å²) in [6.45, 7) is 2.76. The van der Waals surface area contributed by atoms with E-state index in [9.17, 15) is 4.79 Å². The molecule has 2 rings (SSSR count). The molecule has 0 aliphatic carbocycles. The smallest absolute Gasteiger partial charge is 0.345 e. The number of thiophene rings is 1. The normalized spacial score (nSPS) is 20.5. The minimum atomic E-state index is -0.841. The molecule has 0 radical (unpaired) electrons. The van der Waals surface area contributed by atoms with Crippen molar-refractivity contribution in [1.29, 1.82) is 0 Å². The molecule has 1 aliphatic rings. The van der Waals surface area contributed by atoms with Crippen LogP contribution in [0.2, 0.25) is 0 Å². The van der Waals surface area contributed by atoms with Crippen molar-refractivity contribution in [3.05, 3.63) is 17.0 Å². The zero-order valence-electron chi connectivity index (χ0n) is 9.89. The van der Waals surface area contributed by atoms with Gasteiger partial charge in [0.25, 0.3) is 0 Å². The van der Waals surface area contributed by atoms with Gasteiger partial charge in [0.15, 0.2) is 0 Å². The Kier molecular flexibility index (Phi) is 4.02. The Morgan fingerprint density at radius 2 is 2.47 bits per heavy atom. The Morgan fingerprint density at radius 3 is 3.12 bits per heavy atom. The lowest BCUT2D eigenvalue weighted by molar-refractivity contribution is 0.0702. The predicted octanol–water partition coefficient (Wildman–Crippen LogP) is 2.31. The fraction of sp³-hybridized carbons (Fsp3) is 0.583. The number of piperidine rings is 1. The SMILES string of the molecule is COCC1CCCN(c2ccc(C(=O)O)s2)C1. The predicted molar refractivity (Wildman–Crippen MR) is 68.1 cm³/mol. The van der Waals surface area contributed by atoms with Gasteiger partial charge in [0, 0.05) is 20.2 Å². The lowest BCUT2D eigenvalue weighted by atomic mass is 9.99. The fourth-order valence-corrected chi connectivity index (χ4v) is 3.13. The number of rotatable bonds is 4. The monoisotopic (exact) mass is 255 g/mol. The van der Waals surface area contributed by atoms with Gasteiger partial charge in [0.2, 0.25) is 0 Å². The van der Waals surface area contributed by atoms with Crippen LogP contribution in [0, 0.1) is 5.92 Å². The zero-order chi connectivity index (χ0) is 12.3. The molecule has 4 nitrogen and oxygen atoms in total. The van der Waals surface area contributed by atoms with Crippen LogP contribution in [0.5, 0.6) is 0 Å². The molecule has 1 aromatic rings. The van der Waals surface area contributed by atoms with Crippen molar-refractivity contribution in [2.75, 3.05) is 31.7 Å². The molecule has 94 valence electrons. The molecule has 0 aromatic carbocycles. The summed E-state index contributed by atoms with van der Waals surface area (Å²) in [6, 6.07) is 3.59. The Bertz CT molecular complexity index is 389. The van der Waals surface area contributed by atoms with Crippen molar-refractivity contribution in [3.63, 3.8) is 0 Å². The van der Waals surface area contributed by atoms with E-state index in [4.69, 9.17) is 9.84 Å². The summed E-state index contributed by atoms with van der Waals surface area (Å²) in [7, 11) is 1.73. The number of carboxylic acids is 1. The van der Waals surface area contributed by atoms with E-state index in [0.29, 0.717) is 10.8 Å². The molecule has 17 heavy (non-hydrogen) atoms. The number of carbonyl (C=O) groups is 1. The first-order valence-electron chi connectivity index (χ1n) is 5.77. The Morgan fingerprint density at radius 1 is 1.65 bits per heavy atom. The highest BCUT2D eigenvalue weighted by Gasteiger charge is 2.21. The minimum Gasteiger partial charge on any atom is -0.477 e. The van der Waals surface area contributed by atoms with Crippen LogP contribution in [0.4, 0.5) is 5.00 Å². The number of anilines is 1. The van der Waals surface area contributed by atoms with E-state index in [-0.39, 0.29) is 0 Å². The maximum atomic E-state index is 10.8. The fourth-order valence-electron chi connectivity index (χ4n) is 2.25. The summed E-state index contributed by atoms with van der Waals surface area (Å²) >= 11 is 1.35.